The molecule has 0 spiro atoms. The molecule has 30 heavy (non-hydrogen) atoms. The normalized spacial score (nSPS) is 11.4. The second kappa shape index (κ2) is 8.52. The molecular formula is C22H19F3N2O3. The van der Waals surface area contributed by atoms with Gasteiger partial charge in [0.15, 0.2) is 6.61 Å². The fourth-order valence-corrected chi connectivity index (χ4v) is 3.11. The first-order chi connectivity index (χ1) is 14.2. The number of alkyl halides is 3. The van der Waals surface area contributed by atoms with Crippen LogP contribution in [-0.2, 0) is 22.1 Å². The summed E-state index contributed by atoms with van der Waals surface area (Å²) in [5.41, 5.74) is 1.79. The molecule has 0 bridgehead atoms. The van der Waals surface area contributed by atoms with Crippen molar-refractivity contribution in [3.63, 3.8) is 0 Å². The lowest BCUT2D eigenvalue weighted by atomic mass is 10.0. The van der Waals surface area contributed by atoms with Crippen LogP contribution >= 0.6 is 0 Å². The van der Waals surface area contributed by atoms with Crippen molar-refractivity contribution in [2.45, 2.75) is 26.4 Å². The predicted molar refractivity (Wildman–Crippen MR) is 106 cm³/mol. The highest BCUT2D eigenvalue weighted by atomic mass is 19.4. The standard InChI is InChI=1S/C22H19F3N2O3/c1-3-17-13(2)20(16-6-4-5-7-18(16)27-17)21(29)30-12-19(28)26-15-10-8-14(9-11-15)22(23,24)25/h4-11H,3,12H2,1-2H3,(H,26,28). The Morgan fingerprint density at radius 1 is 1.07 bits per heavy atom. The van der Waals surface area contributed by atoms with Crippen LogP contribution in [0.2, 0.25) is 0 Å². The highest BCUT2D eigenvalue weighted by Crippen LogP contribution is 2.30. The first kappa shape index (κ1) is 21.3. The number of carbonyl (C=O) groups excluding carboxylic acids is 2. The van der Waals surface area contributed by atoms with Gasteiger partial charge in [-0.3, -0.25) is 9.78 Å². The number of carbonyl (C=O) groups is 2. The number of amides is 1. The van der Waals surface area contributed by atoms with Crippen LogP contribution in [0, 0.1) is 6.92 Å². The molecule has 1 amide bonds. The van der Waals surface area contributed by atoms with Crippen molar-refractivity contribution in [3.8, 4) is 0 Å². The van der Waals surface area contributed by atoms with Gasteiger partial charge >= 0.3 is 12.1 Å². The molecule has 0 atom stereocenters. The number of rotatable bonds is 5. The first-order valence-electron chi connectivity index (χ1n) is 9.23. The fourth-order valence-electron chi connectivity index (χ4n) is 3.11. The third kappa shape index (κ3) is 4.59. The van der Waals surface area contributed by atoms with E-state index in [1.807, 2.05) is 13.0 Å². The number of aryl methyl sites for hydroxylation is 1. The van der Waals surface area contributed by atoms with Gasteiger partial charge in [-0.25, -0.2) is 4.79 Å². The second-order valence-corrected chi connectivity index (χ2v) is 6.63. The Balaban J connectivity index is 1.71. The largest absolute Gasteiger partial charge is 0.452 e. The maximum Gasteiger partial charge on any atom is 0.416 e. The zero-order chi connectivity index (χ0) is 21.9. The number of para-hydroxylation sites is 1. The molecule has 1 N–H and O–H groups in total. The number of hydrogen-bond donors (Lipinski definition) is 1. The Morgan fingerprint density at radius 3 is 2.37 bits per heavy atom. The molecule has 0 aliphatic rings. The van der Waals surface area contributed by atoms with E-state index >= 15 is 0 Å². The summed E-state index contributed by atoms with van der Waals surface area (Å²) in [5, 5.41) is 3.03. The summed E-state index contributed by atoms with van der Waals surface area (Å²) in [6.07, 6.45) is -3.83. The molecule has 1 heterocycles. The van der Waals surface area contributed by atoms with Crippen molar-refractivity contribution in [1.29, 1.82) is 0 Å². The molecule has 0 saturated heterocycles. The molecule has 0 fully saturated rings. The average Bonchev–Trinajstić information content (AvgIpc) is 2.71. The van der Waals surface area contributed by atoms with Gasteiger partial charge in [0.2, 0.25) is 0 Å². The van der Waals surface area contributed by atoms with E-state index in [0.717, 1.165) is 30.0 Å². The molecule has 1 aromatic heterocycles. The highest BCUT2D eigenvalue weighted by Gasteiger charge is 2.30. The zero-order valence-electron chi connectivity index (χ0n) is 16.3. The molecule has 0 saturated carbocycles. The van der Waals surface area contributed by atoms with Crippen LogP contribution in [0.5, 0.6) is 0 Å². The third-order valence-electron chi connectivity index (χ3n) is 4.61. The van der Waals surface area contributed by atoms with Gasteiger partial charge in [-0.05, 0) is 49.2 Å². The van der Waals surface area contributed by atoms with E-state index in [4.69, 9.17) is 4.74 Å². The topological polar surface area (TPSA) is 68.3 Å². The van der Waals surface area contributed by atoms with Crippen LogP contribution in [0.15, 0.2) is 48.5 Å². The molecule has 0 aliphatic heterocycles. The van der Waals surface area contributed by atoms with Crippen LogP contribution in [0.4, 0.5) is 18.9 Å². The lowest BCUT2D eigenvalue weighted by Gasteiger charge is -2.13. The van der Waals surface area contributed by atoms with Crippen LogP contribution in [0.25, 0.3) is 10.9 Å². The molecule has 2 aromatic carbocycles. The van der Waals surface area contributed by atoms with Gasteiger partial charge in [0.25, 0.3) is 5.91 Å². The van der Waals surface area contributed by atoms with Gasteiger partial charge in [-0.2, -0.15) is 13.2 Å². The SMILES string of the molecule is CCc1nc2ccccc2c(C(=O)OCC(=O)Nc2ccc(C(F)(F)F)cc2)c1C. The molecule has 3 rings (SSSR count). The Bertz CT molecular complexity index is 1090. The lowest BCUT2D eigenvalue weighted by Crippen LogP contribution is -2.22. The fraction of sp³-hybridized carbons (Fsp3) is 0.227. The maximum atomic E-state index is 12.7. The number of hydrogen-bond acceptors (Lipinski definition) is 4. The monoisotopic (exact) mass is 416 g/mol. The molecule has 156 valence electrons. The number of anilines is 1. The molecule has 5 nitrogen and oxygen atoms in total. The summed E-state index contributed by atoms with van der Waals surface area (Å²) in [4.78, 5) is 29.3. The Hall–Kier alpha value is -3.42. The van der Waals surface area contributed by atoms with Gasteiger partial charge in [-0.1, -0.05) is 25.1 Å². The number of ether oxygens (including phenoxy) is 1. The van der Waals surface area contributed by atoms with Crippen molar-refractivity contribution in [1.82, 2.24) is 4.98 Å². The van der Waals surface area contributed by atoms with Gasteiger partial charge < -0.3 is 10.1 Å². The van der Waals surface area contributed by atoms with Crippen molar-refractivity contribution < 1.29 is 27.5 Å². The Kier molecular flexibility index (Phi) is 6.05. The number of benzene rings is 2. The molecule has 3 aromatic rings. The number of esters is 1. The quantitative estimate of drug-likeness (QED) is 0.600. The number of pyridine rings is 1. The average molecular weight is 416 g/mol. The van der Waals surface area contributed by atoms with E-state index in [1.54, 1.807) is 25.1 Å². The lowest BCUT2D eigenvalue weighted by molar-refractivity contribution is -0.137. The number of nitrogens with zero attached hydrogens (tertiary/aromatic N) is 1. The van der Waals surface area contributed by atoms with E-state index < -0.39 is 30.2 Å². The van der Waals surface area contributed by atoms with Crippen molar-refractivity contribution >= 4 is 28.5 Å². The summed E-state index contributed by atoms with van der Waals surface area (Å²) in [6, 6.07) is 11.1. The predicted octanol–water partition coefficient (Wildman–Crippen LogP) is 4.92. The number of fused-ring (bicyclic) bond motifs is 1. The van der Waals surface area contributed by atoms with Gasteiger partial charge in [0, 0.05) is 16.8 Å². The van der Waals surface area contributed by atoms with E-state index in [1.165, 1.54) is 0 Å². The van der Waals surface area contributed by atoms with Crippen LogP contribution in [-0.4, -0.2) is 23.5 Å². The number of halogens is 3. The summed E-state index contributed by atoms with van der Waals surface area (Å²) in [5.74, 6) is -1.32. The van der Waals surface area contributed by atoms with Crippen molar-refractivity contribution in [2.24, 2.45) is 0 Å². The molecule has 0 aliphatic carbocycles. The Labute approximate surface area is 170 Å². The zero-order valence-corrected chi connectivity index (χ0v) is 16.3. The van der Waals surface area contributed by atoms with Gasteiger partial charge in [0.05, 0.1) is 16.6 Å². The van der Waals surface area contributed by atoms with Gasteiger partial charge in [0.1, 0.15) is 0 Å². The molecular weight excluding hydrogens is 397 g/mol. The van der Waals surface area contributed by atoms with Crippen LogP contribution < -0.4 is 5.32 Å². The smallest absolute Gasteiger partial charge is 0.416 e. The summed E-state index contributed by atoms with van der Waals surface area (Å²) < 4.78 is 43.0. The molecule has 0 radical (unpaired) electrons. The summed E-state index contributed by atoms with van der Waals surface area (Å²) in [6.45, 7) is 3.13. The minimum absolute atomic E-state index is 0.169. The van der Waals surface area contributed by atoms with Crippen molar-refractivity contribution in [3.05, 3.63) is 70.9 Å². The second-order valence-electron chi connectivity index (χ2n) is 6.63. The van der Waals surface area contributed by atoms with E-state index in [9.17, 15) is 22.8 Å². The Morgan fingerprint density at radius 2 is 1.73 bits per heavy atom. The van der Waals surface area contributed by atoms with E-state index in [0.29, 0.717) is 28.5 Å². The maximum absolute atomic E-state index is 12.7. The van der Waals surface area contributed by atoms with Gasteiger partial charge in [-0.15, -0.1) is 0 Å². The highest BCUT2D eigenvalue weighted by molar-refractivity contribution is 6.05. The summed E-state index contributed by atoms with van der Waals surface area (Å²) >= 11 is 0. The van der Waals surface area contributed by atoms with Crippen molar-refractivity contribution in [2.75, 3.05) is 11.9 Å². The minimum Gasteiger partial charge on any atom is -0.452 e. The third-order valence-corrected chi connectivity index (χ3v) is 4.61. The molecule has 0 unspecified atom stereocenters. The molecule has 8 heteroatoms. The first-order valence-corrected chi connectivity index (χ1v) is 9.23. The van der Waals surface area contributed by atoms with E-state index in [2.05, 4.69) is 10.3 Å². The number of aromatic nitrogens is 1. The minimum atomic E-state index is -4.46. The van der Waals surface area contributed by atoms with E-state index in [-0.39, 0.29) is 5.69 Å². The number of nitrogens with one attached hydrogen (secondary N) is 1. The van der Waals surface area contributed by atoms with Crippen LogP contribution in [0.3, 0.4) is 0 Å². The summed E-state index contributed by atoms with van der Waals surface area (Å²) in [7, 11) is 0. The van der Waals surface area contributed by atoms with Crippen LogP contribution in [0.1, 0.15) is 34.1 Å².